The zero-order valence-electron chi connectivity index (χ0n) is 18.8. The van der Waals surface area contributed by atoms with E-state index in [9.17, 15) is 18.8 Å². The van der Waals surface area contributed by atoms with E-state index in [1.165, 1.54) is 18.9 Å². The normalized spacial score (nSPS) is 24.6. The molecule has 2 aromatic rings. The summed E-state index contributed by atoms with van der Waals surface area (Å²) in [6.07, 6.45) is 3.96. The molecule has 32 heavy (non-hydrogen) atoms. The Balaban J connectivity index is 1.63. The van der Waals surface area contributed by atoms with Crippen LogP contribution in [0.25, 0.3) is 0 Å². The summed E-state index contributed by atoms with van der Waals surface area (Å²) >= 11 is 0. The first-order chi connectivity index (χ1) is 15.3. The van der Waals surface area contributed by atoms with Gasteiger partial charge in [-0.15, -0.1) is 0 Å². The predicted molar refractivity (Wildman–Crippen MR) is 120 cm³/mol. The zero-order chi connectivity index (χ0) is 22.9. The maximum atomic E-state index is 14.6. The van der Waals surface area contributed by atoms with Gasteiger partial charge in [0.1, 0.15) is 11.6 Å². The summed E-state index contributed by atoms with van der Waals surface area (Å²) in [6, 6.07) is 9.96. The number of carbonyl (C=O) groups is 1. The molecule has 1 aliphatic carbocycles. The molecule has 172 valence electrons. The topological polar surface area (TPSA) is 52.6 Å². The maximum absolute atomic E-state index is 14.6. The standard InChI is InChI=1S/C26H32F2N2O2/c1-17(16-30-10-3-4-11-30)20-12-21(14-22(27)13-20)19-8-9-26(15-19,25(31)29-32)23-6-5-7-24(28)18(23)2/h5-7,12-14,17,19,32H,3-4,8-11,15-16H2,1-2H3,(H,29,31)/t17?,19?,26-/m0/s1. The molecule has 1 saturated heterocycles. The van der Waals surface area contributed by atoms with Crippen molar-refractivity contribution in [2.24, 2.45) is 0 Å². The van der Waals surface area contributed by atoms with Crippen LogP contribution in [0.1, 0.15) is 73.1 Å². The van der Waals surface area contributed by atoms with Gasteiger partial charge in [0, 0.05) is 6.54 Å². The molecule has 2 fully saturated rings. The van der Waals surface area contributed by atoms with Gasteiger partial charge in [0.2, 0.25) is 0 Å². The van der Waals surface area contributed by atoms with Crippen molar-refractivity contribution in [2.45, 2.75) is 63.2 Å². The third-order valence-corrected chi connectivity index (χ3v) is 7.55. The summed E-state index contributed by atoms with van der Waals surface area (Å²) in [7, 11) is 0. The van der Waals surface area contributed by atoms with Gasteiger partial charge in [-0.3, -0.25) is 10.0 Å². The highest BCUT2D eigenvalue weighted by atomic mass is 19.1. The molecule has 0 aromatic heterocycles. The summed E-state index contributed by atoms with van der Waals surface area (Å²) in [5.74, 6) is -1.02. The number of nitrogens with zero attached hydrogens (tertiary/aromatic N) is 1. The third-order valence-electron chi connectivity index (χ3n) is 7.55. The average molecular weight is 443 g/mol. The van der Waals surface area contributed by atoms with Crippen LogP contribution in [-0.2, 0) is 10.2 Å². The van der Waals surface area contributed by atoms with E-state index in [1.807, 2.05) is 0 Å². The second-order valence-corrected chi connectivity index (χ2v) is 9.60. The first-order valence-electron chi connectivity index (χ1n) is 11.6. The van der Waals surface area contributed by atoms with E-state index >= 15 is 0 Å². The highest BCUT2D eigenvalue weighted by molar-refractivity contribution is 5.88. The van der Waals surface area contributed by atoms with Gasteiger partial charge < -0.3 is 4.90 Å². The molecule has 2 N–H and O–H groups in total. The number of carbonyl (C=O) groups excluding carboxylic acids is 1. The van der Waals surface area contributed by atoms with E-state index in [1.54, 1.807) is 36.7 Å². The van der Waals surface area contributed by atoms with Crippen LogP contribution in [0.5, 0.6) is 0 Å². The Kier molecular flexibility index (Phi) is 6.63. The lowest BCUT2D eigenvalue weighted by atomic mass is 9.75. The Hall–Kier alpha value is -2.31. The number of hydrogen-bond acceptors (Lipinski definition) is 3. The van der Waals surface area contributed by atoms with Gasteiger partial charge in [-0.25, -0.2) is 14.3 Å². The molecule has 2 unspecified atom stereocenters. The predicted octanol–water partition coefficient (Wildman–Crippen LogP) is 5.18. The second kappa shape index (κ2) is 9.28. The summed E-state index contributed by atoms with van der Waals surface area (Å²) < 4.78 is 28.9. The average Bonchev–Trinajstić information content (AvgIpc) is 3.45. The van der Waals surface area contributed by atoms with Crippen molar-refractivity contribution in [1.82, 2.24) is 10.4 Å². The van der Waals surface area contributed by atoms with E-state index in [2.05, 4.69) is 17.9 Å². The van der Waals surface area contributed by atoms with E-state index in [0.717, 1.165) is 30.8 Å². The van der Waals surface area contributed by atoms with Crippen LogP contribution in [-0.4, -0.2) is 35.6 Å². The minimum absolute atomic E-state index is 0.0524. The number of rotatable bonds is 6. The Labute approximate surface area is 188 Å². The molecule has 6 heteroatoms. The lowest BCUT2D eigenvalue weighted by molar-refractivity contribution is -0.135. The first kappa shape index (κ1) is 22.9. The van der Waals surface area contributed by atoms with Gasteiger partial charge >= 0.3 is 0 Å². The maximum Gasteiger partial charge on any atom is 0.254 e. The quantitative estimate of drug-likeness (QED) is 0.479. The first-order valence-corrected chi connectivity index (χ1v) is 11.6. The Bertz CT molecular complexity index is 990. The van der Waals surface area contributed by atoms with Crippen molar-refractivity contribution in [1.29, 1.82) is 0 Å². The smallest absolute Gasteiger partial charge is 0.254 e. The number of halogens is 2. The molecule has 1 saturated carbocycles. The van der Waals surface area contributed by atoms with Gasteiger partial charge in [0.15, 0.2) is 0 Å². The monoisotopic (exact) mass is 442 g/mol. The van der Waals surface area contributed by atoms with Gasteiger partial charge in [-0.1, -0.05) is 25.1 Å². The Morgan fingerprint density at radius 3 is 2.72 bits per heavy atom. The number of benzene rings is 2. The number of hydroxylamine groups is 1. The molecule has 0 radical (unpaired) electrons. The number of likely N-dealkylation sites (tertiary alicyclic amines) is 1. The molecule has 0 spiro atoms. The molecule has 3 atom stereocenters. The van der Waals surface area contributed by atoms with Crippen LogP contribution >= 0.6 is 0 Å². The van der Waals surface area contributed by atoms with Crippen molar-refractivity contribution < 1.29 is 18.8 Å². The van der Waals surface area contributed by atoms with Gasteiger partial charge in [0.25, 0.3) is 5.91 Å². The molecule has 4 nitrogen and oxygen atoms in total. The van der Waals surface area contributed by atoms with Crippen molar-refractivity contribution in [3.63, 3.8) is 0 Å². The fraction of sp³-hybridized carbons (Fsp3) is 0.500. The summed E-state index contributed by atoms with van der Waals surface area (Å²) in [5.41, 5.74) is 3.60. The zero-order valence-corrected chi connectivity index (χ0v) is 18.8. The highest BCUT2D eigenvalue weighted by Gasteiger charge is 2.48. The molecule has 4 rings (SSSR count). The van der Waals surface area contributed by atoms with Crippen molar-refractivity contribution in [2.75, 3.05) is 19.6 Å². The van der Waals surface area contributed by atoms with E-state index in [0.29, 0.717) is 30.4 Å². The van der Waals surface area contributed by atoms with Crippen LogP contribution in [0.2, 0.25) is 0 Å². The molecule has 2 aromatic carbocycles. The SMILES string of the molecule is Cc1c(F)cccc1[C@]1(C(=O)NO)CCC(c2cc(F)cc(C(C)CN3CCCC3)c2)C1. The number of nitrogens with one attached hydrogen (secondary N) is 1. The molecule has 2 aliphatic rings. The van der Waals surface area contributed by atoms with Crippen molar-refractivity contribution in [3.05, 3.63) is 70.3 Å². The van der Waals surface area contributed by atoms with Crippen molar-refractivity contribution in [3.8, 4) is 0 Å². The van der Waals surface area contributed by atoms with E-state index < -0.39 is 11.3 Å². The highest BCUT2D eigenvalue weighted by Crippen LogP contribution is 2.50. The molecule has 0 bridgehead atoms. The summed E-state index contributed by atoms with van der Waals surface area (Å²) in [4.78, 5) is 15.3. The molecule has 1 aliphatic heterocycles. The van der Waals surface area contributed by atoms with Crippen LogP contribution in [0.15, 0.2) is 36.4 Å². The number of amides is 1. The fourth-order valence-corrected chi connectivity index (χ4v) is 5.75. The molecule has 1 heterocycles. The van der Waals surface area contributed by atoms with Crippen molar-refractivity contribution >= 4 is 5.91 Å². The van der Waals surface area contributed by atoms with Crippen LogP contribution in [0.3, 0.4) is 0 Å². The largest absolute Gasteiger partial charge is 0.303 e. The Morgan fingerprint density at radius 2 is 2.00 bits per heavy atom. The summed E-state index contributed by atoms with van der Waals surface area (Å²) in [5, 5.41) is 9.48. The van der Waals surface area contributed by atoms with E-state index in [-0.39, 0.29) is 23.5 Å². The number of hydrogen-bond donors (Lipinski definition) is 2. The lowest BCUT2D eigenvalue weighted by Crippen LogP contribution is -2.42. The lowest BCUT2D eigenvalue weighted by Gasteiger charge is -2.29. The van der Waals surface area contributed by atoms with Gasteiger partial charge in [-0.2, -0.15) is 0 Å². The molecular weight excluding hydrogens is 410 g/mol. The summed E-state index contributed by atoms with van der Waals surface area (Å²) in [6.45, 7) is 6.89. The second-order valence-electron chi connectivity index (χ2n) is 9.60. The fourth-order valence-electron chi connectivity index (χ4n) is 5.75. The van der Waals surface area contributed by atoms with Crippen LogP contribution < -0.4 is 5.48 Å². The van der Waals surface area contributed by atoms with Gasteiger partial charge in [0.05, 0.1) is 5.41 Å². The van der Waals surface area contributed by atoms with E-state index in [4.69, 9.17) is 0 Å². The molecule has 1 amide bonds. The van der Waals surface area contributed by atoms with Gasteiger partial charge in [-0.05, 0) is 104 Å². The minimum Gasteiger partial charge on any atom is -0.303 e. The van der Waals surface area contributed by atoms with Crippen LogP contribution in [0.4, 0.5) is 8.78 Å². The minimum atomic E-state index is -1.04. The molecular formula is C26H32F2N2O2. The Morgan fingerprint density at radius 1 is 1.25 bits per heavy atom. The third kappa shape index (κ3) is 4.30. The van der Waals surface area contributed by atoms with Crippen LogP contribution in [0, 0.1) is 18.6 Å².